The third-order valence-corrected chi connectivity index (χ3v) is 6.33. The molecule has 1 amide bonds. The first-order chi connectivity index (χ1) is 15.1. The summed E-state index contributed by atoms with van der Waals surface area (Å²) < 4.78 is 43.8. The molecule has 4 rings (SSSR count). The number of hydrogen-bond donors (Lipinski definition) is 1. The molecule has 0 atom stereocenters. The lowest BCUT2D eigenvalue weighted by atomic mass is 9.93. The largest absolute Gasteiger partial charge is 0.432 e. The van der Waals surface area contributed by atoms with Crippen molar-refractivity contribution in [2.24, 2.45) is 0 Å². The van der Waals surface area contributed by atoms with E-state index in [1.54, 1.807) is 0 Å². The van der Waals surface area contributed by atoms with Gasteiger partial charge in [0.05, 0.1) is 5.56 Å². The SMILES string of the molecule is O=C(NC1CCC1)C(=O)c1c(C(F)(F)F)n(Cc2ccc(Cl)cc2Cl)c2ccc(Cl)cc12. The van der Waals surface area contributed by atoms with Crippen molar-refractivity contribution < 1.29 is 22.8 Å². The zero-order chi connectivity index (χ0) is 23.2. The Hall–Kier alpha value is -2.22. The van der Waals surface area contributed by atoms with Gasteiger partial charge < -0.3 is 9.88 Å². The number of aromatic nitrogens is 1. The number of Topliss-reactive ketones (excluding diaryl/α,β-unsaturated/α-hetero) is 1. The first-order valence-electron chi connectivity index (χ1n) is 9.74. The van der Waals surface area contributed by atoms with Crippen LogP contribution in [0.3, 0.4) is 0 Å². The molecule has 1 N–H and O–H groups in total. The van der Waals surface area contributed by atoms with Crippen molar-refractivity contribution in [3.8, 4) is 0 Å². The van der Waals surface area contributed by atoms with Crippen molar-refractivity contribution >= 4 is 57.4 Å². The summed E-state index contributed by atoms with van der Waals surface area (Å²) in [5.41, 5.74) is -1.48. The van der Waals surface area contributed by atoms with E-state index in [9.17, 15) is 22.8 Å². The number of fused-ring (bicyclic) bond motifs is 1. The molecule has 10 heteroatoms. The highest BCUT2D eigenvalue weighted by atomic mass is 35.5. The fraction of sp³-hybridized carbons (Fsp3) is 0.273. The maximum Gasteiger partial charge on any atom is 0.432 e. The van der Waals surface area contributed by atoms with Gasteiger partial charge in [0.2, 0.25) is 0 Å². The minimum atomic E-state index is -4.92. The Morgan fingerprint density at radius 3 is 2.28 bits per heavy atom. The average molecular weight is 504 g/mol. The van der Waals surface area contributed by atoms with E-state index in [-0.39, 0.29) is 33.5 Å². The van der Waals surface area contributed by atoms with Crippen molar-refractivity contribution in [1.82, 2.24) is 9.88 Å². The van der Waals surface area contributed by atoms with Crippen LogP contribution in [0.2, 0.25) is 15.1 Å². The summed E-state index contributed by atoms with van der Waals surface area (Å²) in [7, 11) is 0. The summed E-state index contributed by atoms with van der Waals surface area (Å²) in [4.78, 5) is 25.5. The first kappa shape index (κ1) is 23.0. The van der Waals surface area contributed by atoms with Gasteiger partial charge in [0.15, 0.2) is 0 Å². The Balaban J connectivity index is 1.91. The lowest BCUT2D eigenvalue weighted by molar-refractivity contribution is -0.143. The summed E-state index contributed by atoms with van der Waals surface area (Å²) in [6.45, 7) is -0.291. The maximum absolute atomic E-state index is 14.3. The van der Waals surface area contributed by atoms with Gasteiger partial charge in [-0.2, -0.15) is 13.2 Å². The monoisotopic (exact) mass is 502 g/mol. The third-order valence-electron chi connectivity index (χ3n) is 5.51. The van der Waals surface area contributed by atoms with Crippen LogP contribution in [0, 0.1) is 0 Å². The van der Waals surface area contributed by atoms with Crippen LogP contribution in [0.4, 0.5) is 13.2 Å². The zero-order valence-electron chi connectivity index (χ0n) is 16.4. The van der Waals surface area contributed by atoms with Crippen molar-refractivity contribution in [3.63, 3.8) is 0 Å². The second kappa shape index (κ2) is 8.61. The van der Waals surface area contributed by atoms with Crippen molar-refractivity contribution in [2.45, 2.75) is 38.0 Å². The summed E-state index contributed by atoms with van der Waals surface area (Å²) in [6.07, 6.45) is -2.66. The van der Waals surface area contributed by atoms with E-state index in [4.69, 9.17) is 34.8 Å². The molecule has 0 unspecified atom stereocenters. The Morgan fingerprint density at radius 1 is 1.03 bits per heavy atom. The van der Waals surface area contributed by atoms with E-state index in [2.05, 4.69) is 5.32 Å². The lowest BCUT2D eigenvalue weighted by Gasteiger charge is -2.26. The third kappa shape index (κ3) is 4.34. The molecule has 0 radical (unpaired) electrons. The standard InChI is InChI=1S/C22H16Cl3F3N2O2/c23-12-6-7-17-15(8-12)18(19(31)21(32)29-14-2-1-3-14)20(22(26,27)28)30(17)10-11-4-5-13(24)9-16(11)25/h4-9,14H,1-3,10H2,(H,29,32). The second-order valence-electron chi connectivity index (χ2n) is 7.64. The molecule has 3 aromatic rings. The number of halogens is 6. The topological polar surface area (TPSA) is 51.1 Å². The van der Waals surface area contributed by atoms with Crippen LogP contribution in [-0.2, 0) is 17.5 Å². The van der Waals surface area contributed by atoms with E-state index < -0.39 is 29.1 Å². The Labute approximate surface area is 196 Å². The number of ketones is 1. The molecule has 1 fully saturated rings. The summed E-state index contributed by atoms with van der Waals surface area (Å²) in [5.74, 6) is -2.32. The molecule has 1 saturated carbocycles. The number of amides is 1. The van der Waals surface area contributed by atoms with Gasteiger partial charge in [-0.3, -0.25) is 9.59 Å². The van der Waals surface area contributed by atoms with Crippen LogP contribution in [0.15, 0.2) is 36.4 Å². The normalized spacial score (nSPS) is 14.4. The van der Waals surface area contributed by atoms with Crippen molar-refractivity contribution in [3.05, 3.63) is 68.3 Å². The van der Waals surface area contributed by atoms with Crippen LogP contribution in [0.1, 0.15) is 40.9 Å². The van der Waals surface area contributed by atoms with Gasteiger partial charge in [-0.1, -0.05) is 40.9 Å². The van der Waals surface area contributed by atoms with Gasteiger partial charge in [0.1, 0.15) is 5.69 Å². The number of alkyl halides is 3. The van der Waals surface area contributed by atoms with Crippen LogP contribution in [-0.4, -0.2) is 22.3 Å². The Bertz CT molecular complexity index is 1230. The molecule has 0 aliphatic heterocycles. The fourth-order valence-electron chi connectivity index (χ4n) is 3.75. The van der Waals surface area contributed by atoms with Crippen molar-refractivity contribution in [2.75, 3.05) is 0 Å². The molecular formula is C22H16Cl3F3N2O2. The number of carbonyl (C=O) groups is 2. The number of hydrogen-bond acceptors (Lipinski definition) is 2. The minimum absolute atomic E-state index is 0.0522. The van der Waals surface area contributed by atoms with Gasteiger partial charge in [0, 0.05) is 38.6 Å². The molecule has 0 saturated heterocycles. The average Bonchev–Trinajstić information content (AvgIpc) is 2.99. The number of benzene rings is 2. The quantitative estimate of drug-likeness (QED) is 0.318. The zero-order valence-corrected chi connectivity index (χ0v) is 18.7. The van der Waals surface area contributed by atoms with Gasteiger partial charge in [-0.05, 0) is 55.2 Å². The summed E-state index contributed by atoms with van der Waals surface area (Å²) in [5, 5.41) is 3.11. The molecule has 32 heavy (non-hydrogen) atoms. The molecule has 0 spiro atoms. The van der Waals surface area contributed by atoms with E-state index in [1.165, 1.54) is 36.4 Å². The molecular weight excluding hydrogens is 488 g/mol. The molecule has 1 aliphatic carbocycles. The van der Waals surface area contributed by atoms with Crippen LogP contribution < -0.4 is 5.32 Å². The predicted octanol–water partition coefficient (Wildman–Crippen LogP) is 6.52. The van der Waals surface area contributed by atoms with Crippen LogP contribution in [0.25, 0.3) is 10.9 Å². The Morgan fingerprint density at radius 2 is 1.69 bits per heavy atom. The highest BCUT2D eigenvalue weighted by Crippen LogP contribution is 2.40. The van der Waals surface area contributed by atoms with Gasteiger partial charge >= 0.3 is 6.18 Å². The molecule has 4 nitrogen and oxygen atoms in total. The molecule has 1 aliphatic rings. The number of carbonyl (C=O) groups excluding carboxylic acids is 2. The van der Waals surface area contributed by atoms with Crippen molar-refractivity contribution in [1.29, 1.82) is 0 Å². The van der Waals surface area contributed by atoms with E-state index in [0.29, 0.717) is 23.4 Å². The van der Waals surface area contributed by atoms with E-state index in [0.717, 1.165) is 11.0 Å². The highest BCUT2D eigenvalue weighted by Gasteiger charge is 2.43. The predicted molar refractivity (Wildman–Crippen MR) is 118 cm³/mol. The number of rotatable bonds is 5. The van der Waals surface area contributed by atoms with Crippen LogP contribution in [0.5, 0.6) is 0 Å². The fourth-order valence-corrected chi connectivity index (χ4v) is 4.39. The maximum atomic E-state index is 14.3. The minimum Gasteiger partial charge on any atom is -0.346 e. The lowest BCUT2D eigenvalue weighted by Crippen LogP contribution is -2.43. The molecule has 1 heterocycles. The molecule has 168 valence electrons. The Kier molecular flexibility index (Phi) is 6.18. The molecule has 2 aromatic carbocycles. The van der Waals surface area contributed by atoms with E-state index >= 15 is 0 Å². The van der Waals surface area contributed by atoms with Gasteiger partial charge in [-0.25, -0.2) is 0 Å². The smallest absolute Gasteiger partial charge is 0.346 e. The number of nitrogens with zero attached hydrogens (tertiary/aromatic N) is 1. The molecule has 0 bridgehead atoms. The second-order valence-corrected chi connectivity index (χ2v) is 8.92. The first-order valence-corrected chi connectivity index (χ1v) is 10.9. The number of nitrogens with one attached hydrogen (secondary N) is 1. The van der Waals surface area contributed by atoms with Gasteiger partial charge in [0.25, 0.3) is 11.7 Å². The van der Waals surface area contributed by atoms with Gasteiger partial charge in [-0.15, -0.1) is 0 Å². The van der Waals surface area contributed by atoms with Crippen LogP contribution >= 0.6 is 34.8 Å². The van der Waals surface area contributed by atoms with E-state index in [1.807, 2.05) is 0 Å². The highest BCUT2D eigenvalue weighted by molar-refractivity contribution is 6.45. The summed E-state index contributed by atoms with van der Waals surface area (Å²) in [6, 6.07) is 8.31. The molecule has 1 aromatic heterocycles. The summed E-state index contributed by atoms with van der Waals surface area (Å²) >= 11 is 18.1.